The molecule has 2 aromatic heterocycles. The van der Waals surface area contributed by atoms with Crippen molar-refractivity contribution in [2.75, 3.05) is 24.7 Å². The minimum absolute atomic E-state index is 0.0167. The summed E-state index contributed by atoms with van der Waals surface area (Å²) in [6, 6.07) is 31.1. The van der Waals surface area contributed by atoms with E-state index in [4.69, 9.17) is 9.84 Å². The topological polar surface area (TPSA) is 79.6 Å². The maximum Gasteiger partial charge on any atom is 0.263 e. The third-order valence-corrected chi connectivity index (χ3v) is 10.8. The van der Waals surface area contributed by atoms with Gasteiger partial charge in [-0.2, -0.15) is 5.10 Å². The molecule has 44 heavy (non-hydrogen) atoms. The van der Waals surface area contributed by atoms with Crippen LogP contribution in [0.1, 0.15) is 45.6 Å². The highest BCUT2D eigenvalue weighted by atomic mass is 32.1. The van der Waals surface area contributed by atoms with Crippen molar-refractivity contribution < 1.29 is 14.6 Å². The highest BCUT2D eigenvalue weighted by Crippen LogP contribution is 2.52. The van der Waals surface area contributed by atoms with E-state index < -0.39 is 5.54 Å². The first-order chi connectivity index (χ1) is 21.7. The molecule has 7 nitrogen and oxygen atoms in total. The lowest BCUT2D eigenvalue weighted by molar-refractivity contribution is 0.0875. The molecule has 4 heterocycles. The highest BCUT2D eigenvalue weighted by molar-refractivity contribution is 7.18. The Morgan fingerprint density at radius 3 is 2.07 bits per heavy atom. The monoisotopic (exact) mass is 602 g/mol. The van der Waals surface area contributed by atoms with Crippen LogP contribution in [0.25, 0.3) is 10.4 Å². The molecule has 8 rings (SSSR count). The molecule has 5 aromatic rings. The number of anilines is 1. The van der Waals surface area contributed by atoms with E-state index in [2.05, 4.69) is 89.2 Å². The molecule has 222 valence electrons. The summed E-state index contributed by atoms with van der Waals surface area (Å²) in [6.45, 7) is 1.11. The van der Waals surface area contributed by atoms with Crippen molar-refractivity contribution in [3.8, 4) is 16.2 Å². The molecule has 2 aliphatic heterocycles. The predicted molar refractivity (Wildman–Crippen MR) is 172 cm³/mol. The van der Waals surface area contributed by atoms with Crippen molar-refractivity contribution in [2.24, 2.45) is 5.92 Å². The number of aliphatic hydroxyl groups is 1. The van der Waals surface area contributed by atoms with Crippen molar-refractivity contribution in [1.82, 2.24) is 15.1 Å². The van der Waals surface area contributed by atoms with Crippen LogP contribution in [0.15, 0.2) is 103 Å². The smallest absolute Gasteiger partial charge is 0.263 e. The van der Waals surface area contributed by atoms with E-state index in [1.165, 1.54) is 17.8 Å². The van der Waals surface area contributed by atoms with Gasteiger partial charge in [-0.1, -0.05) is 97.4 Å². The fourth-order valence-electron chi connectivity index (χ4n) is 7.34. The minimum atomic E-state index is -0.740. The average molecular weight is 603 g/mol. The largest absolute Gasteiger partial charge is 0.488 e. The number of amides is 1. The highest BCUT2D eigenvalue weighted by Gasteiger charge is 2.45. The van der Waals surface area contributed by atoms with E-state index in [0.717, 1.165) is 45.7 Å². The molecule has 2 unspecified atom stereocenters. The summed E-state index contributed by atoms with van der Waals surface area (Å²) in [7, 11) is 0. The second-order valence-electron chi connectivity index (χ2n) is 11.9. The number of ether oxygens (including phenoxy) is 1. The summed E-state index contributed by atoms with van der Waals surface area (Å²) in [6.07, 6.45) is 7.31. The molecule has 2 N–H and O–H groups in total. The standard InChI is InChI=1S/C36H34N4O3S/c41-23-29-30(24-11-10-12-24)38-35(42)34-31-32(43-20-19-39(29)31)33(44-34)25-21-37-40(22-25)36(26-13-4-1-5-14-26,27-15-6-2-7-16-27)28-17-8-3-9-18-28/h1-9,13-18,21-22,24,29-30,41H,10-12,19-20,23H2,(H,38,42). The molecule has 1 aliphatic carbocycles. The molecule has 0 saturated heterocycles. The second-order valence-corrected chi connectivity index (χ2v) is 12.9. The van der Waals surface area contributed by atoms with Crippen LogP contribution in [0.3, 0.4) is 0 Å². The van der Waals surface area contributed by atoms with E-state index in [1.807, 2.05) is 29.1 Å². The van der Waals surface area contributed by atoms with E-state index in [9.17, 15) is 9.90 Å². The zero-order valence-electron chi connectivity index (χ0n) is 24.3. The minimum Gasteiger partial charge on any atom is -0.488 e. The Morgan fingerprint density at radius 2 is 1.52 bits per heavy atom. The zero-order chi connectivity index (χ0) is 29.7. The van der Waals surface area contributed by atoms with E-state index in [1.54, 1.807) is 0 Å². The Labute approximate surface area is 260 Å². The van der Waals surface area contributed by atoms with Gasteiger partial charge in [0.05, 0.1) is 36.3 Å². The fourth-order valence-corrected chi connectivity index (χ4v) is 8.48. The Hall–Kier alpha value is -4.40. The number of aliphatic hydroxyl groups excluding tert-OH is 1. The lowest BCUT2D eigenvalue weighted by Crippen LogP contribution is -2.57. The summed E-state index contributed by atoms with van der Waals surface area (Å²) in [5.74, 6) is 1.03. The van der Waals surface area contributed by atoms with Crippen LogP contribution in [0, 0.1) is 5.92 Å². The van der Waals surface area contributed by atoms with Crippen LogP contribution in [-0.2, 0) is 5.54 Å². The third-order valence-electron chi connectivity index (χ3n) is 9.63. The molecular formula is C36H34N4O3S. The number of hydrogen-bond donors (Lipinski definition) is 2. The number of carbonyl (C=O) groups is 1. The number of hydrogen-bond acceptors (Lipinski definition) is 6. The van der Waals surface area contributed by atoms with Gasteiger partial charge in [0.1, 0.15) is 22.7 Å². The summed E-state index contributed by atoms with van der Waals surface area (Å²) in [5, 5.41) is 18.9. The van der Waals surface area contributed by atoms with Crippen LogP contribution in [0.2, 0.25) is 0 Å². The van der Waals surface area contributed by atoms with Gasteiger partial charge < -0.3 is 20.1 Å². The number of carbonyl (C=O) groups excluding carboxylic acids is 1. The molecule has 1 fully saturated rings. The molecule has 2 atom stereocenters. The van der Waals surface area contributed by atoms with Gasteiger partial charge in [0.2, 0.25) is 0 Å². The van der Waals surface area contributed by atoms with Gasteiger partial charge in [0, 0.05) is 11.8 Å². The van der Waals surface area contributed by atoms with Crippen LogP contribution in [0.5, 0.6) is 5.75 Å². The number of aromatic nitrogens is 2. The molecule has 0 spiro atoms. The summed E-state index contributed by atoms with van der Waals surface area (Å²) >= 11 is 1.45. The van der Waals surface area contributed by atoms with Crippen LogP contribution in [-0.4, -0.2) is 52.6 Å². The van der Waals surface area contributed by atoms with Gasteiger partial charge in [-0.05, 0) is 35.4 Å². The maximum absolute atomic E-state index is 13.7. The number of nitrogens with one attached hydrogen (secondary N) is 1. The van der Waals surface area contributed by atoms with Crippen molar-refractivity contribution in [3.63, 3.8) is 0 Å². The van der Waals surface area contributed by atoms with Gasteiger partial charge in [0.25, 0.3) is 5.91 Å². The third kappa shape index (κ3) is 4.12. The van der Waals surface area contributed by atoms with Gasteiger partial charge in [-0.3, -0.25) is 9.48 Å². The van der Waals surface area contributed by atoms with Crippen LogP contribution < -0.4 is 15.0 Å². The Balaban J connectivity index is 1.29. The molecular weight excluding hydrogens is 568 g/mol. The van der Waals surface area contributed by atoms with Crippen molar-refractivity contribution in [1.29, 1.82) is 0 Å². The van der Waals surface area contributed by atoms with Crippen molar-refractivity contribution in [2.45, 2.75) is 36.9 Å². The molecule has 3 aromatic carbocycles. The van der Waals surface area contributed by atoms with Gasteiger partial charge in [-0.25, -0.2) is 0 Å². The van der Waals surface area contributed by atoms with Gasteiger partial charge in [0.15, 0.2) is 5.75 Å². The summed E-state index contributed by atoms with van der Waals surface area (Å²) in [5.41, 5.74) is 4.22. The number of rotatable bonds is 7. The van der Waals surface area contributed by atoms with Crippen molar-refractivity contribution in [3.05, 3.63) is 125 Å². The molecule has 1 saturated carbocycles. The lowest BCUT2D eigenvalue weighted by Gasteiger charge is -2.43. The van der Waals surface area contributed by atoms with Crippen LogP contribution in [0.4, 0.5) is 5.69 Å². The number of nitrogens with zero attached hydrogens (tertiary/aromatic N) is 3. The maximum atomic E-state index is 13.7. The Kier molecular flexibility index (Phi) is 6.76. The first kappa shape index (κ1) is 27.2. The second kappa shape index (κ2) is 10.9. The predicted octanol–water partition coefficient (Wildman–Crippen LogP) is 5.92. The summed E-state index contributed by atoms with van der Waals surface area (Å²) in [4.78, 5) is 17.5. The van der Waals surface area contributed by atoms with Crippen molar-refractivity contribution >= 4 is 22.9 Å². The van der Waals surface area contributed by atoms with Gasteiger partial charge >= 0.3 is 0 Å². The summed E-state index contributed by atoms with van der Waals surface area (Å²) < 4.78 is 8.39. The SMILES string of the molecule is O=C1NC(C2CCC2)C(CO)N2CCOc3c(-c4cnn(C(c5ccccc5)(c5ccccc5)c5ccccc5)c4)sc1c32. The molecule has 3 aliphatic rings. The van der Waals surface area contributed by atoms with Crippen LogP contribution >= 0.6 is 11.3 Å². The number of benzene rings is 3. The molecule has 8 heteroatoms. The zero-order valence-corrected chi connectivity index (χ0v) is 25.1. The number of thiophene rings is 1. The first-order valence-corrected chi connectivity index (χ1v) is 16.2. The van der Waals surface area contributed by atoms with E-state index in [0.29, 0.717) is 29.7 Å². The Morgan fingerprint density at radius 1 is 0.909 bits per heavy atom. The molecule has 0 radical (unpaired) electrons. The lowest BCUT2D eigenvalue weighted by atomic mass is 9.76. The van der Waals surface area contributed by atoms with E-state index in [-0.39, 0.29) is 24.6 Å². The fraction of sp³-hybridized carbons (Fsp3) is 0.278. The molecule has 0 bridgehead atoms. The normalized spacial score (nSPS) is 19.8. The average Bonchev–Trinajstić information content (AvgIpc) is 3.66. The Bertz CT molecular complexity index is 1690. The van der Waals surface area contributed by atoms with E-state index >= 15 is 0 Å². The first-order valence-electron chi connectivity index (χ1n) is 15.4. The van der Waals surface area contributed by atoms with Gasteiger partial charge in [-0.15, -0.1) is 11.3 Å². The quantitative estimate of drug-likeness (QED) is 0.226. The molecule has 1 amide bonds.